The Balaban J connectivity index is 1.80. The highest BCUT2D eigenvalue weighted by molar-refractivity contribution is 5.97. The van der Waals surface area contributed by atoms with E-state index >= 15 is 0 Å². The zero-order valence-corrected chi connectivity index (χ0v) is 16.0. The smallest absolute Gasteiger partial charge is 0.252 e. The normalized spacial score (nSPS) is 15.5. The predicted molar refractivity (Wildman–Crippen MR) is 107 cm³/mol. The van der Waals surface area contributed by atoms with Crippen molar-refractivity contribution in [2.45, 2.75) is 19.4 Å². The van der Waals surface area contributed by atoms with Crippen LogP contribution in [-0.4, -0.2) is 53.7 Å². The summed E-state index contributed by atoms with van der Waals surface area (Å²) in [6.45, 7) is 3.72. The molecule has 0 radical (unpaired) electrons. The van der Waals surface area contributed by atoms with E-state index in [1.807, 2.05) is 36.4 Å². The van der Waals surface area contributed by atoms with Gasteiger partial charge in [0.2, 0.25) is 11.8 Å². The molecular weight excluding hydrogens is 354 g/mol. The van der Waals surface area contributed by atoms with E-state index in [2.05, 4.69) is 5.32 Å². The van der Waals surface area contributed by atoms with Crippen molar-refractivity contribution in [2.75, 3.05) is 26.2 Å². The zero-order valence-electron chi connectivity index (χ0n) is 16.0. The third-order valence-electron chi connectivity index (χ3n) is 4.94. The molecule has 6 nitrogen and oxygen atoms in total. The van der Waals surface area contributed by atoms with Gasteiger partial charge in [0.15, 0.2) is 0 Å². The van der Waals surface area contributed by atoms with Crippen LogP contribution < -0.4 is 5.32 Å². The molecule has 0 aromatic heterocycles. The van der Waals surface area contributed by atoms with Crippen LogP contribution in [0, 0.1) is 0 Å². The van der Waals surface area contributed by atoms with Crippen molar-refractivity contribution in [3.63, 3.8) is 0 Å². The molecule has 1 aliphatic heterocycles. The maximum absolute atomic E-state index is 13.3. The Bertz CT molecular complexity index is 823. The van der Waals surface area contributed by atoms with E-state index in [4.69, 9.17) is 0 Å². The Kier molecular flexibility index (Phi) is 6.42. The molecule has 1 aliphatic rings. The van der Waals surface area contributed by atoms with Crippen molar-refractivity contribution in [3.8, 4) is 0 Å². The first-order valence-electron chi connectivity index (χ1n) is 9.51. The molecular formula is C22H25N3O3. The topological polar surface area (TPSA) is 69.7 Å². The van der Waals surface area contributed by atoms with E-state index < -0.39 is 6.04 Å². The molecule has 1 unspecified atom stereocenters. The van der Waals surface area contributed by atoms with Crippen LogP contribution >= 0.6 is 0 Å². The summed E-state index contributed by atoms with van der Waals surface area (Å²) in [7, 11) is 0. The second kappa shape index (κ2) is 9.17. The largest absolute Gasteiger partial charge is 0.341 e. The van der Waals surface area contributed by atoms with Gasteiger partial charge in [-0.15, -0.1) is 0 Å². The number of hydrogen-bond acceptors (Lipinski definition) is 3. The first kappa shape index (κ1) is 19.6. The van der Waals surface area contributed by atoms with Crippen molar-refractivity contribution >= 4 is 17.7 Å². The van der Waals surface area contributed by atoms with Crippen molar-refractivity contribution in [1.82, 2.24) is 15.1 Å². The lowest BCUT2D eigenvalue weighted by molar-refractivity contribution is -0.134. The van der Waals surface area contributed by atoms with Crippen LogP contribution in [0.2, 0.25) is 0 Å². The summed E-state index contributed by atoms with van der Waals surface area (Å²) in [6, 6.07) is 17.4. The molecule has 0 aliphatic carbocycles. The summed E-state index contributed by atoms with van der Waals surface area (Å²) in [5.41, 5.74) is 1.25. The van der Waals surface area contributed by atoms with Gasteiger partial charge in [0.25, 0.3) is 5.91 Å². The van der Waals surface area contributed by atoms with Gasteiger partial charge < -0.3 is 15.1 Å². The number of carbonyl (C=O) groups is 3. The van der Waals surface area contributed by atoms with Gasteiger partial charge in [-0.25, -0.2) is 0 Å². The van der Waals surface area contributed by atoms with Crippen molar-refractivity contribution in [2.24, 2.45) is 0 Å². The number of nitrogens with zero attached hydrogens (tertiary/aromatic N) is 2. The van der Waals surface area contributed by atoms with Gasteiger partial charge >= 0.3 is 0 Å². The Morgan fingerprint density at radius 1 is 0.821 bits per heavy atom. The number of amides is 3. The minimum atomic E-state index is -0.766. The van der Waals surface area contributed by atoms with Gasteiger partial charge in [0.1, 0.15) is 6.04 Å². The van der Waals surface area contributed by atoms with E-state index in [0.29, 0.717) is 31.7 Å². The fourth-order valence-corrected chi connectivity index (χ4v) is 3.37. The summed E-state index contributed by atoms with van der Waals surface area (Å²) < 4.78 is 0. The molecule has 1 heterocycles. The lowest BCUT2D eigenvalue weighted by atomic mass is 10.0. The maximum Gasteiger partial charge on any atom is 0.252 e. The molecule has 2 aromatic carbocycles. The number of hydrogen-bond donors (Lipinski definition) is 1. The first-order chi connectivity index (χ1) is 13.6. The van der Waals surface area contributed by atoms with E-state index in [1.165, 1.54) is 0 Å². The van der Waals surface area contributed by atoms with Crippen molar-refractivity contribution < 1.29 is 14.4 Å². The first-order valence-corrected chi connectivity index (χ1v) is 9.51. The van der Waals surface area contributed by atoms with Gasteiger partial charge in [-0.05, 0) is 24.1 Å². The highest BCUT2D eigenvalue weighted by Gasteiger charge is 2.29. The van der Waals surface area contributed by atoms with E-state index in [9.17, 15) is 14.4 Å². The minimum absolute atomic E-state index is 0.0197. The summed E-state index contributed by atoms with van der Waals surface area (Å²) >= 11 is 0. The third kappa shape index (κ3) is 4.76. The average Bonchev–Trinajstić information content (AvgIpc) is 2.99. The van der Waals surface area contributed by atoms with Crippen molar-refractivity contribution in [1.29, 1.82) is 0 Å². The highest BCUT2D eigenvalue weighted by Crippen LogP contribution is 2.18. The van der Waals surface area contributed by atoms with Crippen LogP contribution in [0.15, 0.2) is 60.7 Å². The lowest BCUT2D eigenvalue weighted by Gasteiger charge is -2.27. The maximum atomic E-state index is 13.3. The van der Waals surface area contributed by atoms with Gasteiger partial charge in [0.05, 0.1) is 0 Å². The Labute approximate surface area is 165 Å². The molecule has 2 aromatic rings. The lowest BCUT2D eigenvalue weighted by Crippen LogP contribution is -2.44. The molecule has 0 bridgehead atoms. The van der Waals surface area contributed by atoms with Crippen LogP contribution in [0.5, 0.6) is 0 Å². The van der Waals surface area contributed by atoms with Gasteiger partial charge in [-0.2, -0.15) is 0 Å². The number of nitrogens with one attached hydrogen (secondary N) is 1. The fraction of sp³-hybridized carbons (Fsp3) is 0.318. The Morgan fingerprint density at radius 2 is 1.39 bits per heavy atom. The van der Waals surface area contributed by atoms with Crippen LogP contribution in [0.25, 0.3) is 0 Å². The van der Waals surface area contributed by atoms with Crippen LogP contribution in [0.1, 0.15) is 35.3 Å². The second-order valence-corrected chi connectivity index (χ2v) is 6.87. The average molecular weight is 379 g/mol. The monoisotopic (exact) mass is 379 g/mol. The van der Waals surface area contributed by atoms with Crippen molar-refractivity contribution in [3.05, 3.63) is 71.8 Å². The molecule has 0 spiro atoms. The van der Waals surface area contributed by atoms with Gasteiger partial charge in [-0.3, -0.25) is 14.4 Å². The number of rotatable bonds is 4. The summed E-state index contributed by atoms with van der Waals surface area (Å²) in [6.07, 6.45) is 0.722. The Morgan fingerprint density at radius 3 is 2.04 bits per heavy atom. The van der Waals surface area contributed by atoms with E-state index in [-0.39, 0.29) is 17.7 Å². The summed E-state index contributed by atoms with van der Waals surface area (Å²) in [5, 5.41) is 2.89. The number of benzene rings is 2. The summed E-state index contributed by atoms with van der Waals surface area (Å²) in [4.78, 5) is 41.1. The Hall–Kier alpha value is -3.15. The molecule has 1 N–H and O–H groups in total. The molecule has 3 amide bonds. The van der Waals surface area contributed by atoms with Crippen LogP contribution in [0.4, 0.5) is 0 Å². The van der Waals surface area contributed by atoms with Gasteiger partial charge in [0, 0.05) is 38.7 Å². The highest BCUT2D eigenvalue weighted by atomic mass is 16.2. The quantitative estimate of drug-likeness (QED) is 0.886. The van der Waals surface area contributed by atoms with Crippen LogP contribution in [0.3, 0.4) is 0 Å². The zero-order chi connectivity index (χ0) is 19.9. The van der Waals surface area contributed by atoms with Crippen LogP contribution in [-0.2, 0) is 9.59 Å². The molecule has 28 heavy (non-hydrogen) atoms. The number of carbonyl (C=O) groups excluding carboxylic acids is 3. The molecule has 146 valence electrons. The molecule has 0 saturated carbocycles. The predicted octanol–water partition coefficient (Wildman–Crippen LogP) is 2.24. The molecule has 1 saturated heterocycles. The van der Waals surface area contributed by atoms with E-state index in [1.54, 1.807) is 41.0 Å². The third-order valence-corrected chi connectivity index (χ3v) is 4.94. The standard InChI is InChI=1S/C22H25N3O3/c1-17(26)24-13-8-14-25(16-15-24)22(28)20(18-9-4-2-5-10-18)23-21(27)19-11-6-3-7-12-19/h2-7,9-12,20H,8,13-16H2,1H3,(H,23,27). The van der Waals surface area contributed by atoms with E-state index in [0.717, 1.165) is 12.0 Å². The second-order valence-electron chi connectivity index (χ2n) is 6.87. The molecule has 1 atom stereocenters. The fourth-order valence-electron chi connectivity index (χ4n) is 3.37. The van der Waals surface area contributed by atoms with Gasteiger partial charge in [-0.1, -0.05) is 48.5 Å². The SMILES string of the molecule is CC(=O)N1CCCN(C(=O)C(NC(=O)c2ccccc2)c2ccccc2)CC1. The molecule has 6 heteroatoms. The molecule has 3 rings (SSSR count). The minimum Gasteiger partial charge on any atom is -0.341 e. The molecule has 1 fully saturated rings. The summed E-state index contributed by atoms with van der Waals surface area (Å²) in [5.74, 6) is -0.421.